The van der Waals surface area contributed by atoms with Gasteiger partial charge in [-0.05, 0) is 67.5 Å². The molecule has 1 N–H and O–H groups in total. The normalized spacial score (nSPS) is 21.4. The highest BCUT2D eigenvalue weighted by atomic mass is 32.2. The molecule has 2 saturated heterocycles. The maximum atomic E-state index is 16.1. The fourth-order valence-corrected chi connectivity index (χ4v) is 6.82. The number of para-hydroxylation sites is 1. The number of benzene rings is 1. The molecule has 0 unspecified atom stereocenters. The Morgan fingerprint density at radius 1 is 0.981 bits per heavy atom. The number of aromatic nitrogens is 4. The number of anilines is 1. The summed E-state index contributed by atoms with van der Waals surface area (Å²) in [6.45, 7) is 10.8. The molecule has 21 heteroatoms. The van der Waals surface area contributed by atoms with Gasteiger partial charge >= 0.3 is 27.5 Å². The summed E-state index contributed by atoms with van der Waals surface area (Å²) in [7, 11) is -4.96. The van der Waals surface area contributed by atoms with Gasteiger partial charge in [0, 0.05) is 7.11 Å². The summed E-state index contributed by atoms with van der Waals surface area (Å²) in [5.74, 6) is -3.86. The van der Waals surface area contributed by atoms with Crippen molar-refractivity contribution in [3.63, 3.8) is 0 Å². The molecule has 3 aromatic rings. The molecule has 0 spiro atoms. The first-order chi connectivity index (χ1) is 25.0. The largest absolute Gasteiger partial charge is 0.467 e. The van der Waals surface area contributed by atoms with Crippen LogP contribution in [-0.2, 0) is 38.4 Å². The Labute approximate surface area is 309 Å². The zero-order valence-corrected chi connectivity index (χ0v) is 31.8. The Morgan fingerprint density at radius 3 is 2.28 bits per heavy atom. The molecule has 2 fully saturated rings. The summed E-state index contributed by atoms with van der Waals surface area (Å²) in [4.78, 5) is 52.1. The van der Waals surface area contributed by atoms with Crippen molar-refractivity contribution >= 4 is 45.0 Å². The van der Waals surface area contributed by atoms with E-state index in [0.717, 1.165) is 12.4 Å². The molecule has 2 aliphatic rings. The van der Waals surface area contributed by atoms with E-state index in [4.69, 9.17) is 33.2 Å². The van der Waals surface area contributed by atoms with Gasteiger partial charge in [-0.15, -0.1) is 0 Å². The number of sulfonamides is 1. The van der Waals surface area contributed by atoms with Crippen molar-refractivity contribution < 1.29 is 64.7 Å². The minimum absolute atomic E-state index is 0.00805. The van der Waals surface area contributed by atoms with Crippen LogP contribution in [0.4, 0.5) is 24.2 Å². The highest BCUT2D eigenvalue weighted by molar-refractivity contribution is 7.91. The van der Waals surface area contributed by atoms with Gasteiger partial charge in [-0.1, -0.05) is 12.1 Å². The second-order valence-electron chi connectivity index (χ2n) is 14.7. The molecule has 2 aromatic heterocycles. The van der Waals surface area contributed by atoms with Crippen molar-refractivity contribution in [2.75, 3.05) is 25.8 Å². The zero-order chi connectivity index (χ0) is 40.0. The maximum absolute atomic E-state index is 16.1. The SMILES string of the molecule is COCOc1ccccc1C(=O)C(F)(F)S(=O)(=O)N(C[C@H]1O[C@@H](n2cnc3c(NC(=O)OC(C)(C)C)ncnc32)[C@@H]2OC(C)(C)O[C@@H]21)C(=O)OC(C)(C)C. The molecule has 0 aliphatic carbocycles. The van der Waals surface area contributed by atoms with Gasteiger partial charge in [0.15, 0.2) is 35.8 Å². The number of carbonyl (C=O) groups excluding carboxylic acids is 3. The number of fused-ring (bicyclic) bond motifs is 2. The van der Waals surface area contributed by atoms with Gasteiger partial charge in [-0.3, -0.25) is 14.7 Å². The van der Waals surface area contributed by atoms with Crippen LogP contribution in [0.25, 0.3) is 11.2 Å². The van der Waals surface area contributed by atoms with Gasteiger partial charge in [0.25, 0.3) is 5.78 Å². The lowest BCUT2D eigenvalue weighted by Crippen LogP contribution is -2.54. The molecule has 0 radical (unpaired) electrons. The molecule has 4 atom stereocenters. The van der Waals surface area contributed by atoms with Gasteiger partial charge in [0.05, 0.1) is 18.4 Å². The first-order valence-corrected chi connectivity index (χ1v) is 18.0. The quantitative estimate of drug-likeness (QED) is 0.208. The van der Waals surface area contributed by atoms with Crippen LogP contribution >= 0.6 is 0 Å². The number of alkyl halides is 2. The average molecular weight is 785 g/mol. The number of methoxy groups -OCH3 is 1. The second kappa shape index (κ2) is 14.6. The van der Waals surface area contributed by atoms with E-state index in [9.17, 15) is 22.8 Å². The molecular formula is C33H42F2N6O12S. The number of nitrogens with zero attached hydrogens (tertiary/aromatic N) is 5. The zero-order valence-electron chi connectivity index (χ0n) is 31.0. The van der Waals surface area contributed by atoms with Crippen molar-refractivity contribution in [2.45, 2.75) is 102 Å². The predicted octanol–water partition coefficient (Wildman–Crippen LogP) is 4.62. The van der Waals surface area contributed by atoms with Crippen LogP contribution in [0.1, 0.15) is 72.0 Å². The summed E-state index contributed by atoms with van der Waals surface area (Å²) in [5, 5.41) is -2.71. The molecule has 5 rings (SSSR count). The van der Waals surface area contributed by atoms with Gasteiger partial charge < -0.3 is 33.2 Å². The van der Waals surface area contributed by atoms with E-state index in [1.807, 2.05) is 0 Å². The van der Waals surface area contributed by atoms with E-state index >= 15 is 8.78 Å². The number of amides is 2. The van der Waals surface area contributed by atoms with Gasteiger partial charge in [0.2, 0.25) is 0 Å². The number of carbonyl (C=O) groups is 3. The molecule has 0 saturated carbocycles. The van der Waals surface area contributed by atoms with Crippen molar-refractivity contribution in [3.8, 4) is 5.75 Å². The van der Waals surface area contributed by atoms with Crippen LogP contribution in [0.5, 0.6) is 5.75 Å². The lowest BCUT2D eigenvalue weighted by Gasteiger charge is -2.32. The van der Waals surface area contributed by atoms with Crippen molar-refractivity contribution in [3.05, 3.63) is 42.5 Å². The molecule has 296 valence electrons. The third-order valence-electron chi connectivity index (χ3n) is 7.66. The van der Waals surface area contributed by atoms with E-state index < -0.39 is 93.7 Å². The van der Waals surface area contributed by atoms with E-state index in [0.29, 0.717) is 0 Å². The summed E-state index contributed by atoms with van der Waals surface area (Å²) >= 11 is 0. The number of ketones is 1. The molecule has 2 amide bonds. The van der Waals surface area contributed by atoms with Crippen LogP contribution in [0.15, 0.2) is 36.9 Å². The van der Waals surface area contributed by atoms with Gasteiger partial charge in [0.1, 0.15) is 41.6 Å². The number of Topliss-reactive ketones (excluding diaryl/α,β-unsaturated/α-hetero) is 1. The Bertz CT molecular complexity index is 2010. The third kappa shape index (κ3) is 8.38. The van der Waals surface area contributed by atoms with Crippen LogP contribution in [0, 0.1) is 0 Å². The number of nitrogens with one attached hydrogen (secondary N) is 1. The van der Waals surface area contributed by atoms with E-state index in [1.165, 1.54) is 57.0 Å². The Morgan fingerprint density at radius 2 is 1.63 bits per heavy atom. The second-order valence-corrected chi connectivity index (χ2v) is 16.6. The summed E-state index contributed by atoms with van der Waals surface area (Å²) in [6, 6.07) is 4.73. The summed E-state index contributed by atoms with van der Waals surface area (Å²) < 4.78 is 100. The van der Waals surface area contributed by atoms with Crippen LogP contribution in [-0.4, -0.2) is 111 Å². The van der Waals surface area contributed by atoms with Crippen LogP contribution in [0.3, 0.4) is 0 Å². The fraction of sp³-hybridized carbons (Fsp3) is 0.576. The number of hydrogen-bond donors (Lipinski definition) is 1. The number of imidazole rings is 1. The molecular weight excluding hydrogens is 742 g/mol. The number of rotatable bonds is 11. The first-order valence-electron chi connectivity index (χ1n) is 16.5. The Balaban J connectivity index is 1.51. The molecule has 0 bridgehead atoms. The molecule has 2 aliphatic heterocycles. The number of hydrogen-bond acceptors (Lipinski definition) is 15. The lowest BCUT2D eigenvalue weighted by molar-refractivity contribution is -0.196. The third-order valence-corrected chi connectivity index (χ3v) is 9.37. The number of ether oxygens (including phenoxy) is 7. The van der Waals surface area contributed by atoms with Crippen LogP contribution < -0.4 is 10.1 Å². The molecule has 54 heavy (non-hydrogen) atoms. The topological polar surface area (TPSA) is 209 Å². The molecule has 1 aromatic carbocycles. The Hall–Kier alpha value is -4.57. The summed E-state index contributed by atoms with van der Waals surface area (Å²) in [5.41, 5.74) is -2.73. The minimum Gasteiger partial charge on any atom is -0.467 e. The first kappa shape index (κ1) is 40.6. The highest BCUT2D eigenvalue weighted by Gasteiger charge is 2.62. The highest BCUT2D eigenvalue weighted by Crippen LogP contribution is 2.45. The fourth-order valence-electron chi connectivity index (χ4n) is 5.62. The van der Waals surface area contributed by atoms with Gasteiger partial charge in [-0.2, -0.15) is 21.5 Å². The lowest BCUT2D eigenvalue weighted by atomic mass is 10.1. The minimum atomic E-state index is -6.22. The predicted molar refractivity (Wildman–Crippen MR) is 183 cm³/mol. The monoisotopic (exact) mass is 784 g/mol. The van der Waals surface area contributed by atoms with Crippen molar-refractivity contribution in [1.29, 1.82) is 0 Å². The van der Waals surface area contributed by atoms with E-state index in [1.54, 1.807) is 34.6 Å². The smallest absolute Gasteiger partial charge is 0.425 e. The van der Waals surface area contributed by atoms with E-state index in [2.05, 4.69) is 20.3 Å². The van der Waals surface area contributed by atoms with Crippen LogP contribution in [0.2, 0.25) is 0 Å². The molecule has 18 nitrogen and oxygen atoms in total. The maximum Gasteiger partial charge on any atom is 0.425 e. The van der Waals surface area contributed by atoms with Crippen molar-refractivity contribution in [1.82, 2.24) is 23.8 Å². The molecule has 4 heterocycles. The standard InChI is InChI=1S/C33H42F2N6O12S/c1-30(2,3)52-28(43)39-25-21-26(37-15-36-25)40(16-38-21)27-23-22(50-32(7,8)51-23)20(49-27)14-41(29(44)53-31(4,5)6)54(45,46)33(34,35)24(42)18-12-10-11-13-19(18)48-17-47-9/h10-13,15-16,20,22-23,27H,14,17H2,1-9H3,(H,36,37,39,43)/t20-,22-,23-,27-/m1/s1. The van der Waals surface area contributed by atoms with Gasteiger partial charge in [-0.25, -0.2) is 24.5 Å². The van der Waals surface area contributed by atoms with E-state index in [-0.39, 0.29) is 27.0 Å². The number of halogens is 2. The summed E-state index contributed by atoms with van der Waals surface area (Å²) in [6.07, 6.45) is -4.99. The van der Waals surface area contributed by atoms with Crippen molar-refractivity contribution in [2.24, 2.45) is 0 Å². The average Bonchev–Trinajstić information content (AvgIpc) is 3.71. The Kier molecular flexibility index (Phi) is 11.0.